The highest BCUT2D eigenvalue weighted by Gasteiger charge is 2.23. The van der Waals surface area contributed by atoms with Gasteiger partial charge in [0, 0.05) is 20.6 Å². The Morgan fingerprint density at radius 3 is 2.12 bits per heavy atom. The molecule has 0 bridgehead atoms. The standard InChI is InChI=1S/C10H23N3O3S/c1-10(2,7-11)8-12(3)9(14)6-13(4)17(5,15)16/h6-8,11H2,1-5H3. The largest absolute Gasteiger partial charge is 0.344 e. The second kappa shape index (κ2) is 5.79. The summed E-state index contributed by atoms with van der Waals surface area (Å²) in [6, 6.07) is 0. The molecule has 0 aliphatic carbocycles. The molecule has 0 saturated heterocycles. The molecule has 0 radical (unpaired) electrons. The molecule has 1 amide bonds. The Hall–Kier alpha value is -0.660. The summed E-state index contributed by atoms with van der Waals surface area (Å²) in [5.41, 5.74) is 5.41. The minimum absolute atomic E-state index is 0.143. The van der Waals surface area contributed by atoms with Crippen LogP contribution >= 0.6 is 0 Å². The first-order chi connectivity index (χ1) is 7.49. The Bertz CT molecular complexity index is 365. The quantitative estimate of drug-likeness (QED) is 0.690. The minimum atomic E-state index is -3.32. The molecule has 0 unspecified atom stereocenters. The summed E-state index contributed by atoms with van der Waals surface area (Å²) in [4.78, 5) is 13.3. The molecule has 2 N–H and O–H groups in total. The van der Waals surface area contributed by atoms with Gasteiger partial charge in [0.1, 0.15) is 0 Å². The molecule has 0 aliphatic rings. The molecular formula is C10H23N3O3S. The second-order valence-electron chi connectivity index (χ2n) is 5.14. The van der Waals surface area contributed by atoms with Crippen LogP contribution in [0, 0.1) is 5.41 Å². The van der Waals surface area contributed by atoms with E-state index >= 15 is 0 Å². The average Bonchev–Trinajstić information content (AvgIpc) is 2.15. The maximum absolute atomic E-state index is 11.8. The molecule has 0 aromatic carbocycles. The SMILES string of the molecule is CN(CC(C)(C)CN)C(=O)CN(C)S(C)(=O)=O. The van der Waals surface area contributed by atoms with Crippen molar-refractivity contribution in [1.82, 2.24) is 9.21 Å². The lowest BCUT2D eigenvalue weighted by molar-refractivity contribution is -0.131. The number of carbonyl (C=O) groups is 1. The fraction of sp³-hybridized carbons (Fsp3) is 0.900. The van der Waals surface area contributed by atoms with Gasteiger partial charge in [-0.1, -0.05) is 13.8 Å². The lowest BCUT2D eigenvalue weighted by Crippen LogP contribution is -2.44. The Morgan fingerprint density at radius 1 is 1.29 bits per heavy atom. The minimum Gasteiger partial charge on any atom is -0.344 e. The molecule has 0 heterocycles. The Labute approximate surface area is 104 Å². The Kier molecular flexibility index (Phi) is 5.57. The lowest BCUT2D eigenvalue weighted by Gasteiger charge is -2.29. The van der Waals surface area contributed by atoms with Gasteiger partial charge < -0.3 is 10.6 Å². The molecule has 6 nitrogen and oxygen atoms in total. The van der Waals surface area contributed by atoms with Crippen molar-refractivity contribution in [2.45, 2.75) is 13.8 Å². The van der Waals surface area contributed by atoms with Crippen LogP contribution in [-0.4, -0.2) is 63.5 Å². The zero-order valence-corrected chi connectivity index (χ0v) is 12.0. The molecular weight excluding hydrogens is 242 g/mol. The van der Waals surface area contributed by atoms with Crippen molar-refractivity contribution in [2.24, 2.45) is 11.1 Å². The Balaban J connectivity index is 4.44. The molecule has 0 aromatic heterocycles. The number of amides is 1. The van der Waals surface area contributed by atoms with E-state index in [0.717, 1.165) is 10.6 Å². The molecule has 102 valence electrons. The van der Waals surface area contributed by atoms with E-state index in [-0.39, 0.29) is 17.9 Å². The van der Waals surface area contributed by atoms with Crippen molar-refractivity contribution in [3.63, 3.8) is 0 Å². The summed E-state index contributed by atoms with van der Waals surface area (Å²) in [7, 11) is -0.287. The van der Waals surface area contributed by atoms with Gasteiger partial charge >= 0.3 is 0 Å². The molecule has 0 atom stereocenters. The molecule has 0 fully saturated rings. The molecule has 0 spiro atoms. The first-order valence-corrected chi connectivity index (χ1v) is 7.20. The fourth-order valence-electron chi connectivity index (χ4n) is 1.22. The number of likely N-dealkylation sites (N-methyl/N-ethyl adjacent to an activating group) is 2. The molecule has 0 saturated carbocycles. The van der Waals surface area contributed by atoms with Gasteiger partial charge in [-0.15, -0.1) is 0 Å². The summed E-state index contributed by atoms with van der Waals surface area (Å²) < 4.78 is 23.4. The van der Waals surface area contributed by atoms with Gasteiger partial charge in [0.25, 0.3) is 0 Å². The highest BCUT2D eigenvalue weighted by molar-refractivity contribution is 7.88. The number of rotatable bonds is 6. The first kappa shape index (κ1) is 16.3. The highest BCUT2D eigenvalue weighted by Crippen LogP contribution is 2.14. The van der Waals surface area contributed by atoms with Gasteiger partial charge in [-0.2, -0.15) is 4.31 Å². The van der Waals surface area contributed by atoms with Crippen LogP contribution in [0.25, 0.3) is 0 Å². The van der Waals surface area contributed by atoms with Crippen molar-refractivity contribution in [3.05, 3.63) is 0 Å². The van der Waals surface area contributed by atoms with Crippen molar-refractivity contribution < 1.29 is 13.2 Å². The zero-order chi connectivity index (χ0) is 13.9. The van der Waals surface area contributed by atoms with Crippen LogP contribution in [0.5, 0.6) is 0 Å². The van der Waals surface area contributed by atoms with Gasteiger partial charge in [0.15, 0.2) is 0 Å². The first-order valence-electron chi connectivity index (χ1n) is 5.35. The zero-order valence-electron chi connectivity index (χ0n) is 11.2. The van der Waals surface area contributed by atoms with Gasteiger partial charge in [0.05, 0.1) is 12.8 Å². The van der Waals surface area contributed by atoms with Crippen LogP contribution in [-0.2, 0) is 14.8 Å². The third-order valence-electron chi connectivity index (χ3n) is 2.57. The summed E-state index contributed by atoms with van der Waals surface area (Å²) in [5.74, 6) is -0.237. The summed E-state index contributed by atoms with van der Waals surface area (Å²) >= 11 is 0. The molecule has 0 rings (SSSR count). The van der Waals surface area contributed by atoms with E-state index in [1.54, 1.807) is 7.05 Å². The third-order valence-corrected chi connectivity index (χ3v) is 3.83. The normalized spacial score (nSPS) is 12.9. The maximum atomic E-state index is 11.8. The Morgan fingerprint density at radius 2 is 1.76 bits per heavy atom. The van der Waals surface area contributed by atoms with Crippen molar-refractivity contribution in [2.75, 3.05) is 40.0 Å². The number of hydrogen-bond donors (Lipinski definition) is 1. The second-order valence-corrected chi connectivity index (χ2v) is 7.23. The van der Waals surface area contributed by atoms with Gasteiger partial charge in [0.2, 0.25) is 15.9 Å². The van der Waals surface area contributed by atoms with Crippen molar-refractivity contribution >= 4 is 15.9 Å². The van der Waals surface area contributed by atoms with E-state index in [2.05, 4.69) is 0 Å². The van der Waals surface area contributed by atoms with E-state index in [1.165, 1.54) is 11.9 Å². The van der Waals surface area contributed by atoms with E-state index in [4.69, 9.17) is 5.73 Å². The molecule has 0 aliphatic heterocycles. The predicted octanol–water partition coefficient (Wildman–Crippen LogP) is -0.679. The maximum Gasteiger partial charge on any atom is 0.237 e. The summed E-state index contributed by atoms with van der Waals surface area (Å²) in [6.07, 6.45) is 1.07. The summed E-state index contributed by atoms with van der Waals surface area (Å²) in [5, 5.41) is 0. The molecule has 17 heavy (non-hydrogen) atoms. The van der Waals surface area contributed by atoms with E-state index < -0.39 is 10.0 Å². The highest BCUT2D eigenvalue weighted by atomic mass is 32.2. The number of sulfonamides is 1. The number of nitrogens with zero attached hydrogens (tertiary/aromatic N) is 2. The average molecular weight is 265 g/mol. The fourth-order valence-corrected chi connectivity index (χ4v) is 1.57. The van der Waals surface area contributed by atoms with Crippen LogP contribution in [0.3, 0.4) is 0 Å². The number of nitrogens with two attached hydrogens (primary N) is 1. The van der Waals surface area contributed by atoms with E-state index in [1.807, 2.05) is 13.8 Å². The van der Waals surface area contributed by atoms with E-state index in [0.29, 0.717) is 13.1 Å². The number of hydrogen-bond acceptors (Lipinski definition) is 4. The predicted molar refractivity (Wildman–Crippen MR) is 67.9 cm³/mol. The topological polar surface area (TPSA) is 83.7 Å². The van der Waals surface area contributed by atoms with Crippen LogP contribution in [0.1, 0.15) is 13.8 Å². The van der Waals surface area contributed by atoms with Gasteiger partial charge in [-0.25, -0.2) is 8.42 Å². The van der Waals surface area contributed by atoms with Gasteiger partial charge in [-0.05, 0) is 12.0 Å². The van der Waals surface area contributed by atoms with Crippen LogP contribution in [0.15, 0.2) is 0 Å². The third kappa shape index (κ3) is 5.99. The number of carbonyl (C=O) groups excluding carboxylic acids is 1. The van der Waals surface area contributed by atoms with Crippen LogP contribution in [0.4, 0.5) is 0 Å². The lowest BCUT2D eigenvalue weighted by atomic mass is 9.93. The molecule has 0 aromatic rings. The van der Waals surface area contributed by atoms with Crippen molar-refractivity contribution in [1.29, 1.82) is 0 Å². The van der Waals surface area contributed by atoms with Crippen LogP contribution in [0.2, 0.25) is 0 Å². The summed E-state index contributed by atoms with van der Waals surface area (Å²) in [6.45, 7) is 4.73. The monoisotopic (exact) mass is 265 g/mol. The van der Waals surface area contributed by atoms with Gasteiger partial charge in [-0.3, -0.25) is 4.79 Å². The van der Waals surface area contributed by atoms with Crippen LogP contribution < -0.4 is 5.73 Å². The van der Waals surface area contributed by atoms with Crippen molar-refractivity contribution in [3.8, 4) is 0 Å². The van der Waals surface area contributed by atoms with E-state index in [9.17, 15) is 13.2 Å². The smallest absolute Gasteiger partial charge is 0.237 e. The molecule has 7 heteroatoms.